The van der Waals surface area contributed by atoms with E-state index in [1.54, 1.807) is 12.1 Å². The van der Waals surface area contributed by atoms with E-state index in [0.29, 0.717) is 18.7 Å². The highest BCUT2D eigenvalue weighted by Crippen LogP contribution is 2.25. The van der Waals surface area contributed by atoms with E-state index in [-0.39, 0.29) is 5.69 Å². The van der Waals surface area contributed by atoms with Crippen LogP contribution >= 0.6 is 0 Å². The van der Waals surface area contributed by atoms with Crippen molar-refractivity contribution in [2.75, 3.05) is 11.9 Å². The lowest BCUT2D eigenvalue weighted by atomic mass is 10.1. The summed E-state index contributed by atoms with van der Waals surface area (Å²) < 4.78 is 49.8. The Hall–Kier alpha value is -1.63. The Balaban J connectivity index is 2.85. The molecule has 0 aliphatic heterocycles. The maximum absolute atomic E-state index is 12.8. The number of hydrogen-bond acceptors (Lipinski definition) is 2. The van der Waals surface area contributed by atoms with Gasteiger partial charge in [-0.25, -0.2) is 8.78 Å². The SMILES string of the molecule is CCNCc1ccccc1NC(=O)C(F)(F)C(F)F. The molecule has 0 spiro atoms. The van der Waals surface area contributed by atoms with Gasteiger partial charge in [0.25, 0.3) is 0 Å². The molecule has 0 aliphatic rings. The van der Waals surface area contributed by atoms with Crippen LogP contribution in [0.2, 0.25) is 0 Å². The van der Waals surface area contributed by atoms with Crippen LogP contribution in [0.5, 0.6) is 0 Å². The van der Waals surface area contributed by atoms with Crippen molar-refractivity contribution in [1.29, 1.82) is 0 Å². The molecular formula is C12H14F4N2O. The third-order valence-corrected chi connectivity index (χ3v) is 2.41. The molecule has 0 bridgehead atoms. The second-order valence-corrected chi connectivity index (χ2v) is 3.82. The highest BCUT2D eigenvalue weighted by Gasteiger charge is 2.49. The number of hydrogen-bond donors (Lipinski definition) is 2. The summed E-state index contributed by atoms with van der Waals surface area (Å²) in [4.78, 5) is 11.1. The minimum atomic E-state index is -4.70. The molecule has 1 aromatic carbocycles. The lowest BCUT2D eigenvalue weighted by molar-refractivity contribution is -0.163. The Labute approximate surface area is 108 Å². The second kappa shape index (κ2) is 6.51. The zero-order chi connectivity index (χ0) is 14.5. The van der Waals surface area contributed by atoms with Crippen LogP contribution in [-0.2, 0) is 11.3 Å². The summed E-state index contributed by atoms with van der Waals surface area (Å²) >= 11 is 0. The average Bonchev–Trinajstić information content (AvgIpc) is 2.37. The molecular weight excluding hydrogens is 264 g/mol. The molecule has 0 radical (unpaired) electrons. The summed E-state index contributed by atoms with van der Waals surface area (Å²) in [6, 6.07) is 6.17. The van der Waals surface area contributed by atoms with E-state index in [1.807, 2.05) is 12.2 Å². The van der Waals surface area contributed by atoms with Gasteiger partial charge >= 0.3 is 18.3 Å². The van der Waals surface area contributed by atoms with E-state index in [4.69, 9.17) is 0 Å². The summed E-state index contributed by atoms with van der Waals surface area (Å²) in [6.45, 7) is 2.84. The molecule has 0 unspecified atom stereocenters. The third-order valence-electron chi connectivity index (χ3n) is 2.41. The number of benzene rings is 1. The van der Waals surface area contributed by atoms with Gasteiger partial charge in [0.05, 0.1) is 0 Å². The van der Waals surface area contributed by atoms with Gasteiger partial charge < -0.3 is 10.6 Å². The van der Waals surface area contributed by atoms with Crippen LogP contribution < -0.4 is 10.6 Å². The van der Waals surface area contributed by atoms with Gasteiger partial charge in [0.1, 0.15) is 0 Å². The maximum atomic E-state index is 12.8. The number of halogens is 4. The van der Waals surface area contributed by atoms with Gasteiger partial charge in [-0.1, -0.05) is 25.1 Å². The van der Waals surface area contributed by atoms with Crippen LogP contribution in [0.25, 0.3) is 0 Å². The summed E-state index contributed by atoms with van der Waals surface area (Å²) in [5.74, 6) is -6.71. The third kappa shape index (κ3) is 3.92. The molecule has 0 heterocycles. The first kappa shape index (κ1) is 15.4. The molecule has 1 aromatic rings. The maximum Gasteiger partial charge on any atom is 0.383 e. The zero-order valence-corrected chi connectivity index (χ0v) is 10.2. The average molecular weight is 278 g/mol. The molecule has 3 nitrogen and oxygen atoms in total. The molecule has 1 rings (SSSR count). The van der Waals surface area contributed by atoms with E-state index in [9.17, 15) is 22.4 Å². The minimum absolute atomic E-state index is 0.0915. The smallest absolute Gasteiger partial charge is 0.320 e. The first-order valence-corrected chi connectivity index (χ1v) is 5.65. The molecule has 0 fully saturated rings. The second-order valence-electron chi connectivity index (χ2n) is 3.82. The highest BCUT2D eigenvalue weighted by molar-refractivity contribution is 5.97. The van der Waals surface area contributed by atoms with Crippen LogP contribution in [-0.4, -0.2) is 24.8 Å². The van der Waals surface area contributed by atoms with Crippen molar-refractivity contribution in [3.8, 4) is 0 Å². The Kier molecular flexibility index (Phi) is 5.29. The number of nitrogens with one attached hydrogen (secondary N) is 2. The molecule has 2 N–H and O–H groups in total. The molecule has 0 saturated carbocycles. The molecule has 0 aromatic heterocycles. The van der Waals surface area contributed by atoms with Gasteiger partial charge in [-0.05, 0) is 18.2 Å². The summed E-state index contributed by atoms with van der Waals surface area (Å²) in [5.41, 5.74) is 0.636. The standard InChI is InChI=1S/C12H14F4N2O/c1-2-17-7-8-5-3-4-6-9(8)18-11(19)12(15,16)10(13)14/h3-6,10,17H,2,7H2,1H3,(H,18,19). The predicted molar refractivity (Wildman–Crippen MR) is 63.4 cm³/mol. The first-order chi connectivity index (χ1) is 8.89. The van der Waals surface area contributed by atoms with Gasteiger partial charge in [-0.2, -0.15) is 8.78 Å². The van der Waals surface area contributed by atoms with Gasteiger partial charge in [-0.15, -0.1) is 0 Å². The Bertz CT molecular complexity index is 437. The van der Waals surface area contributed by atoms with Crippen LogP contribution in [0.3, 0.4) is 0 Å². The zero-order valence-electron chi connectivity index (χ0n) is 10.2. The molecule has 0 aliphatic carbocycles. The Morgan fingerprint density at radius 3 is 2.53 bits per heavy atom. The number of para-hydroxylation sites is 1. The van der Waals surface area contributed by atoms with E-state index in [1.165, 1.54) is 12.1 Å². The van der Waals surface area contributed by atoms with Gasteiger partial charge in [0.15, 0.2) is 0 Å². The van der Waals surface area contributed by atoms with Crippen LogP contribution in [0, 0.1) is 0 Å². The molecule has 0 saturated heterocycles. The van der Waals surface area contributed by atoms with Gasteiger partial charge in [0, 0.05) is 12.2 Å². The number of anilines is 1. The lowest BCUT2D eigenvalue weighted by Gasteiger charge is -2.16. The lowest BCUT2D eigenvalue weighted by Crippen LogP contribution is -2.41. The largest absolute Gasteiger partial charge is 0.383 e. The monoisotopic (exact) mass is 278 g/mol. The Morgan fingerprint density at radius 2 is 1.95 bits per heavy atom. The molecule has 19 heavy (non-hydrogen) atoms. The van der Waals surface area contributed by atoms with Crippen molar-refractivity contribution < 1.29 is 22.4 Å². The van der Waals surface area contributed by atoms with E-state index in [0.717, 1.165) is 0 Å². The van der Waals surface area contributed by atoms with Crippen molar-refractivity contribution in [3.63, 3.8) is 0 Å². The highest BCUT2D eigenvalue weighted by atomic mass is 19.3. The molecule has 0 atom stereocenters. The number of alkyl halides is 4. The topological polar surface area (TPSA) is 41.1 Å². The van der Waals surface area contributed by atoms with E-state index in [2.05, 4.69) is 5.32 Å². The van der Waals surface area contributed by atoms with E-state index >= 15 is 0 Å². The normalized spacial score (nSPS) is 11.7. The van der Waals surface area contributed by atoms with Crippen LogP contribution in [0.4, 0.5) is 23.2 Å². The number of rotatable bonds is 6. The van der Waals surface area contributed by atoms with E-state index < -0.39 is 18.3 Å². The quantitative estimate of drug-likeness (QED) is 0.785. The van der Waals surface area contributed by atoms with Crippen molar-refractivity contribution in [2.24, 2.45) is 0 Å². The fourth-order valence-corrected chi connectivity index (χ4v) is 1.36. The first-order valence-electron chi connectivity index (χ1n) is 5.65. The number of carbonyl (C=O) groups excluding carboxylic acids is 1. The molecule has 1 amide bonds. The van der Waals surface area contributed by atoms with Gasteiger partial charge in [0.2, 0.25) is 0 Å². The Morgan fingerprint density at radius 1 is 1.32 bits per heavy atom. The molecule has 7 heteroatoms. The van der Waals surface area contributed by atoms with Crippen molar-refractivity contribution in [2.45, 2.75) is 25.8 Å². The van der Waals surface area contributed by atoms with Crippen LogP contribution in [0.15, 0.2) is 24.3 Å². The predicted octanol–water partition coefficient (Wildman–Crippen LogP) is 2.64. The molecule has 106 valence electrons. The summed E-state index contributed by atoms with van der Waals surface area (Å²) in [6.07, 6.45) is -4.03. The fraction of sp³-hybridized carbons (Fsp3) is 0.417. The number of amides is 1. The summed E-state index contributed by atoms with van der Waals surface area (Å²) in [7, 11) is 0. The van der Waals surface area contributed by atoms with Crippen molar-refractivity contribution in [1.82, 2.24) is 5.32 Å². The van der Waals surface area contributed by atoms with Gasteiger partial charge in [-0.3, -0.25) is 4.79 Å². The van der Waals surface area contributed by atoms with Crippen LogP contribution in [0.1, 0.15) is 12.5 Å². The summed E-state index contributed by atoms with van der Waals surface area (Å²) in [5, 5.41) is 4.78. The van der Waals surface area contributed by atoms with Crippen molar-refractivity contribution >= 4 is 11.6 Å². The fourth-order valence-electron chi connectivity index (χ4n) is 1.36. The number of carbonyl (C=O) groups is 1. The van der Waals surface area contributed by atoms with Crippen molar-refractivity contribution in [3.05, 3.63) is 29.8 Å². The minimum Gasteiger partial charge on any atom is -0.320 e.